The minimum absolute atomic E-state index is 0.0320. The zero-order chi connectivity index (χ0) is 14.8. The van der Waals surface area contributed by atoms with Crippen molar-refractivity contribution in [3.63, 3.8) is 0 Å². The largest absolute Gasteiger partial charge is 0.507 e. The van der Waals surface area contributed by atoms with Gasteiger partial charge in [0.1, 0.15) is 5.75 Å². The van der Waals surface area contributed by atoms with Crippen LogP contribution in [0.5, 0.6) is 5.75 Å². The van der Waals surface area contributed by atoms with E-state index in [2.05, 4.69) is 20.8 Å². The number of phenols is 1. The summed E-state index contributed by atoms with van der Waals surface area (Å²) in [6, 6.07) is 5.04. The van der Waals surface area contributed by atoms with Crippen LogP contribution in [0.15, 0.2) is 22.6 Å². The van der Waals surface area contributed by atoms with Crippen molar-refractivity contribution in [1.82, 2.24) is 15.5 Å². The lowest BCUT2D eigenvalue weighted by Gasteiger charge is -2.06. The Balaban J connectivity index is 1.74. The van der Waals surface area contributed by atoms with Crippen LogP contribution in [0.4, 0.5) is 6.01 Å². The number of benzene rings is 1. The molecule has 110 valence electrons. The fraction of sp³-hybridized carbons (Fsp3) is 0.357. The van der Waals surface area contributed by atoms with E-state index in [0.717, 1.165) is 19.4 Å². The Morgan fingerprint density at radius 1 is 1.48 bits per heavy atom. The van der Waals surface area contributed by atoms with E-state index in [9.17, 15) is 9.90 Å². The van der Waals surface area contributed by atoms with Crippen molar-refractivity contribution in [2.24, 2.45) is 0 Å². The monoisotopic (exact) mass is 288 g/mol. The Labute approximate surface area is 121 Å². The molecule has 0 spiro atoms. The van der Waals surface area contributed by atoms with Gasteiger partial charge in [0, 0.05) is 0 Å². The topological polar surface area (TPSA) is 100 Å². The molecule has 0 saturated carbocycles. The van der Waals surface area contributed by atoms with Crippen LogP contribution in [-0.2, 0) is 0 Å². The van der Waals surface area contributed by atoms with Gasteiger partial charge in [-0.25, -0.2) is 0 Å². The summed E-state index contributed by atoms with van der Waals surface area (Å²) in [5.74, 6) is -0.0609. The number of nitrogens with zero attached hydrogens (tertiary/aromatic N) is 2. The third-order valence-corrected chi connectivity index (χ3v) is 3.50. The lowest BCUT2D eigenvalue weighted by atomic mass is 10.1. The molecule has 21 heavy (non-hydrogen) atoms. The molecule has 1 unspecified atom stereocenters. The van der Waals surface area contributed by atoms with Crippen LogP contribution in [0.2, 0.25) is 0 Å². The molecule has 0 bridgehead atoms. The van der Waals surface area contributed by atoms with E-state index in [1.165, 1.54) is 6.07 Å². The highest BCUT2D eigenvalue weighted by molar-refractivity contribution is 6.05. The summed E-state index contributed by atoms with van der Waals surface area (Å²) in [4.78, 5) is 12.1. The molecule has 0 aliphatic carbocycles. The number of phenolic OH excluding ortho intramolecular Hbond substituents is 1. The smallest absolute Gasteiger partial charge is 0.322 e. The van der Waals surface area contributed by atoms with Crippen molar-refractivity contribution in [3.8, 4) is 5.75 Å². The number of aromatic nitrogens is 2. The van der Waals surface area contributed by atoms with Gasteiger partial charge in [0.05, 0.1) is 11.6 Å². The zero-order valence-electron chi connectivity index (χ0n) is 11.6. The van der Waals surface area contributed by atoms with Gasteiger partial charge < -0.3 is 14.8 Å². The molecular weight excluding hydrogens is 272 g/mol. The second kappa shape index (κ2) is 5.53. The highest BCUT2D eigenvalue weighted by atomic mass is 16.4. The molecule has 1 aromatic carbocycles. The van der Waals surface area contributed by atoms with Crippen molar-refractivity contribution in [3.05, 3.63) is 35.2 Å². The van der Waals surface area contributed by atoms with E-state index in [1.807, 2.05) is 0 Å². The van der Waals surface area contributed by atoms with E-state index >= 15 is 0 Å². The number of amides is 1. The van der Waals surface area contributed by atoms with Gasteiger partial charge in [-0.05, 0) is 37.9 Å². The Hall–Kier alpha value is -2.41. The molecule has 1 saturated heterocycles. The summed E-state index contributed by atoms with van der Waals surface area (Å²) in [7, 11) is 0. The molecule has 1 aliphatic heterocycles. The van der Waals surface area contributed by atoms with Gasteiger partial charge in [-0.1, -0.05) is 17.2 Å². The number of carbonyl (C=O) groups is 1. The van der Waals surface area contributed by atoms with E-state index < -0.39 is 5.91 Å². The fourth-order valence-corrected chi connectivity index (χ4v) is 2.33. The first-order valence-corrected chi connectivity index (χ1v) is 6.82. The van der Waals surface area contributed by atoms with Crippen LogP contribution in [0, 0.1) is 6.92 Å². The number of rotatable bonds is 3. The molecule has 1 atom stereocenters. The Bertz CT molecular complexity index is 662. The number of para-hydroxylation sites is 1. The molecule has 3 rings (SSSR count). The maximum Gasteiger partial charge on any atom is 0.322 e. The van der Waals surface area contributed by atoms with E-state index in [-0.39, 0.29) is 23.4 Å². The van der Waals surface area contributed by atoms with Crippen LogP contribution in [0.25, 0.3) is 0 Å². The van der Waals surface area contributed by atoms with Gasteiger partial charge in [-0.3, -0.25) is 10.1 Å². The number of hydrogen-bond acceptors (Lipinski definition) is 6. The minimum Gasteiger partial charge on any atom is -0.507 e. The zero-order valence-corrected chi connectivity index (χ0v) is 11.6. The number of hydrogen-bond donors (Lipinski definition) is 3. The van der Waals surface area contributed by atoms with E-state index in [4.69, 9.17) is 4.42 Å². The molecular formula is C14H16N4O3. The molecule has 3 N–H and O–H groups in total. The lowest BCUT2D eigenvalue weighted by Crippen LogP contribution is -2.13. The van der Waals surface area contributed by atoms with Gasteiger partial charge in [0.25, 0.3) is 5.91 Å². The molecule has 1 amide bonds. The summed E-state index contributed by atoms with van der Waals surface area (Å²) in [6.07, 6.45) is 2.00. The number of nitrogens with one attached hydrogen (secondary N) is 2. The van der Waals surface area contributed by atoms with Crippen molar-refractivity contribution < 1.29 is 14.3 Å². The number of carbonyl (C=O) groups excluding carboxylic acids is 1. The van der Waals surface area contributed by atoms with Gasteiger partial charge in [0.2, 0.25) is 5.89 Å². The van der Waals surface area contributed by atoms with Crippen molar-refractivity contribution in [2.45, 2.75) is 25.8 Å². The molecule has 1 aromatic heterocycles. The summed E-state index contributed by atoms with van der Waals surface area (Å²) in [6.45, 7) is 2.65. The Morgan fingerprint density at radius 3 is 3.10 bits per heavy atom. The highest BCUT2D eigenvalue weighted by Crippen LogP contribution is 2.24. The number of aryl methyl sites for hydroxylation is 1. The van der Waals surface area contributed by atoms with Crippen LogP contribution in [0.3, 0.4) is 0 Å². The van der Waals surface area contributed by atoms with Crippen LogP contribution in [-0.4, -0.2) is 27.8 Å². The summed E-state index contributed by atoms with van der Waals surface area (Å²) >= 11 is 0. The summed E-state index contributed by atoms with van der Waals surface area (Å²) in [5, 5.41) is 23.4. The predicted octanol–water partition coefficient (Wildman–Crippen LogP) is 1.76. The van der Waals surface area contributed by atoms with Crippen molar-refractivity contribution >= 4 is 11.9 Å². The first-order chi connectivity index (χ1) is 10.1. The average Bonchev–Trinajstić information content (AvgIpc) is 3.12. The Kier molecular flexibility index (Phi) is 3.57. The maximum absolute atomic E-state index is 12.1. The fourth-order valence-electron chi connectivity index (χ4n) is 2.33. The third-order valence-electron chi connectivity index (χ3n) is 3.50. The molecule has 1 aliphatic rings. The van der Waals surface area contributed by atoms with Crippen molar-refractivity contribution in [1.29, 1.82) is 0 Å². The lowest BCUT2D eigenvalue weighted by molar-refractivity contribution is 0.102. The molecule has 1 fully saturated rings. The van der Waals surface area contributed by atoms with E-state index in [0.29, 0.717) is 11.5 Å². The van der Waals surface area contributed by atoms with Crippen LogP contribution >= 0.6 is 0 Å². The molecule has 0 radical (unpaired) electrons. The van der Waals surface area contributed by atoms with Gasteiger partial charge in [-0.2, -0.15) is 0 Å². The normalized spacial score (nSPS) is 17.9. The quantitative estimate of drug-likeness (QED) is 0.795. The van der Waals surface area contributed by atoms with Gasteiger partial charge in [0.15, 0.2) is 0 Å². The van der Waals surface area contributed by atoms with Crippen LogP contribution < -0.4 is 10.6 Å². The van der Waals surface area contributed by atoms with E-state index in [1.54, 1.807) is 19.1 Å². The minimum atomic E-state index is -0.481. The summed E-state index contributed by atoms with van der Waals surface area (Å²) in [5.41, 5.74) is 0.803. The Morgan fingerprint density at radius 2 is 2.33 bits per heavy atom. The molecule has 7 nitrogen and oxygen atoms in total. The molecule has 7 heteroatoms. The van der Waals surface area contributed by atoms with Crippen molar-refractivity contribution in [2.75, 3.05) is 11.9 Å². The van der Waals surface area contributed by atoms with Gasteiger partial charge in [-0.15, -0.1) is 5.10 Å². The standard InChI is InChI=1S/C14H16N4O3/c1-8-4-2-5-9(11(8)19)12(20)16-14-18-17-13(21-14)10-6-3-7-15-10/h2,4-5,10,15,19H,3,6-7H2,1H3,(H,16,18,20). The second-order valence-electron chi connectivity index (χ2n) is 5.02. The molecule has 2 aromatic rings. The SMILES string of the molecule is Cc1cccc(C(=O)Nc2nnc(C3CCCN3)o2)c1O. The second-order valence-corrected chi connectivity index (χ2v) is 5.02. The first kappa shape index (κ1) is 13.6. The maximum atomic E-state index is 12.1. The predicted molar refractivity (Wildman–Crippen MR) is 75.1 cm³/mol. The van der Waals surface area contributed by atoms with Crippen LogP contribution in [0.1, 0.15) is 40.7 Å². The third kappa shape index (κ3) is 2.73. The van der Waals surface area contributed by atoms with Gasteiger partial charge >= 0.3 is 6.01 Å². The average molecular weight is 288 g/mol. The number of aromatic hydroxyl groups is 1. The highest BCUT2D eigenvalue weighted by Gasteiger charge is 2.23. The molecule has 2 heterocycles. The first-order valence-electron chi connectivity index (χ1n) is 6.82. The number of anilines is 1. The summed E-state index contributed by atoms with van der Waals surface area (Å²) < 4.78 is 5.43.